The topological polar surface area (TPSA) is 69.6 Å². The van der Waals surface area contributed by atoms with Crippen LogP contribution in [0.25, 0.3) is 0 Å². The lowest BCUT2D eigenvalue weighted by molar-refractivity contribution is -0.146. The Balaban J connectivity index is 1.67. The van der Waals surface area contributed by atoms with Crippen LogP contribution in [0.5, 0.6) is 0 Å². The number of nitrogens with one attached hydrogen (secondary N) is 1. The van der Waals surface area contributed by atoms with Crippen molar-refractivity contribution in [2.75, 3.05) is 25.0 Å². The molecule has 0 aliphatic carbocycles. The second-order valence-electron chi connectivity index (χ2n) is 5.90. The highest BCUT2D eigenvalue weighted by molar-refractivity contribution is 5.82. The van der Waals surface area contributed by atoms with Gasteiger partial charge in [0.05, 0.1) is 11.8 Å². The molecule has 2 aliphatic heterocycles. The second kappa shape index (κ2) is 5.76. The molecule has 1 aromatic carbocycles. The van der Waals surface area contributed by atoms with Crippen molar-refractivity contribution < 1.29 is 14.7 Å². The monoisotopic (exact) mass is 288 g/mol. The van der Waals surface area contributed by atoms with Crippen LogP contribution in [0.3, 0.4) is 0 Å². The van der Waals surface area contributed by atoms with Gasteiger partial charge in [0.15, 0.2) is 0 Å². The zero-order valence-electron chi connectivity index (χ0n) is 11.9. The highest BCUT2D eigenvalue weighted by Gasteiger charge is 2.33. The van der Waals surface area contributed by atoms with Gasteiger partial charge in [0.2, 0.25) is 5.91 Å². The average molecular weight is 288 g/mol. The van der Waals surface area contributed by atoms with Crippen LogP contribution in [0, 0.1) is 11.8 Å². The zero-order chi connectivity index (χ0) is 14.8. The number of carboxylic acids is 1. The van der Waals surface area contributed by atoms with Crippen LogP contribution in [-0.4, -0.2) is 41.5 Å². The third-order valence-corrected chi connectivity index (χ3v) is 4.45. The van der Waals surface area contributed by atoms with Crippen molar-refractivity contribution in [3.05, 3.63) is 29.8 Å². The van der Waals surface area contributed by atoms with Crippen LogP contribution in [0.15, 0.2) is 24.3 Å². The number of benzene rings is 1. The van der Waals surface area contributed by atoms with Crippen LogP contribution in [0.1, 0.15) is 18.4 Å². The van der Waals surface area contributed by atoms with E-state index < -0.39 is 11.9 Å². The third kappa shape index (κ3) is 2.86. The molecule has 0 saturated carbocycles. The molecule has 1 fully saturated rings. The number of likely N-dealkylation sites (tertiary alicyclic amines) is 1. The summed E-state index contributed by atoms with van der Waals surface area (Å²) >= 11 is 0. The predicted octanol–water partition coefficient (Wildman–Crippen LogP) is 1.59. The molecule has 3 rings (SSSR count). The molecule has 2 N–H and O–H groups in total. The van der Waals surface area contributed by atoms with E-state index >= 15 is 0 Å². The summed E-state index contributed by atoms with van der Waals surface area (Å²) in [6.07, 6.45) is 2.18. The Morgan fingerprint density at radius 1 is 1.24 bits per heavy atom. The van der Waals surface area contributed by atoms with Crippen molar-refractivity contribution >= 4 is 17.6 Å². The second-order valence-corrected chi connectivity index (χ2v) is 5.90. The predicted molar refractivity (Wildman–Crippen MR) is 79.1 cm³/mol. The molecule has 21 heavy (non-hydrogen) atoms. The quantitative estimate of drug-likeness (QED) is 0.867. The van der Waals surface area contributed by atoms with Crippen LogP contribution >= 0.6 is 0 Å². The molecule has 1 amide bonds. The molecular formula is C16H20N2O3. The summed E-state index contributed by atoms with van der Waals surface area (Å²) in [7, 11) is 0. The van der Waals surface area contributed by atoms with E-state index in [1.165, 1.54) is 0 Å². The first-order valence-electron chi connectivity index (χ1n) is 7.48. The van der Waals surface area contributed by atoms with Crippen molar-refractivity contribution in [1.29, 1.82) is 0 Å². The van der Waals surface area contributed by atoms with Gasteiger partial charge in [0.25, 0.3) is 0 Å². The molecule has 2 heterocycles. The molecule has 2 aliphatic rings. The van der Waals surface area contributed by atoms with E-state index in [1.54, 1.807) is 4.90 Å². The van der Waals surface area contributed by atoms with Gasteiger partial charge in [-0.3, -0.25) is 9.59 Å². The fraction of sp³-hybridized carbons (Fsp3) is 0.500. The molecule has 0 bridgehead atoms. The first-order valence-corrected chi connectivity index (χ1v) is 7.48. The van der Waals surface area contributed by atoms with E-state index in [-0.39, 0.29) is 11.8 Å². The highest BCUT2D eigenvalue weighted by atomic mass is 16.4. The number of nitrogens with zero attached hydrogens (tertiary/aromatic N) is 1. The van der Waals surface area contributed by atoms with Gasteiger partial charge in [0.1, 0.15) is 0 Å². The number of para-hydroxylation sites is 1. The Hall–Kier alpha value is -2.04. The summed E-state index contributed by atoms with van der Waals surface area (Å²) in [5, 5.41) is 12.4. The first-order chi connectivity index (χ1) is 10.1. The summed E-state index contributed by atoms with van der Waals surface area (Å²) in [5.41, 5.74) is 2.26. The summed E-state index contributed by atoms with van der Waals surface area (Å²) in [4.78, 5) is 25.5. The maximum Gasteiger partial charge on any atom is 0.308 e. The number of fused-ring (bicyclic) bond motifs is 1. The van der Waals surface area contributed by atoms with Crippen molar-refractivity contribution in [2.45, 2.75) is 19.3 Å². The van der Waals surface area contributed by atoms with Gasteiger partial charge in [0, 0.05) is 25.3 Å². The number of aliphatic carboxylic acids is 1. The fourth-order valence-corrected chi connectivity index (χ4v) is 3.25. The molecule has 1 saturated heterocycles. The number of hydrogen-bond donors (Lipinski definition) is 2. The number of carboxylic acid groups (broad SMARTS) is 1. The SMILES string of the molecule is O=C(O)[C@H]1CCCN(C(=O)C2CNc3ccccc3C2)C1. The molecule has 0 radical (unpaired) electrons. The molecule has 5 heteroatoms. The van der Waals surface area contributed by atoms with E-state index in [0.29, 0.717) is 26.1 Å². The molecule has 112 valence electrons. The molecule has 0 aromatic heterocycles. The smallest absolute Gasteiger partial charge is 0.308 e. The number of amides is 1. The molecule has 0 spiro atoms. The molecule has 1 unspecified atom stereocenters. The summed E-state index contributed by atoms with van der Waals surface area (Å²) in [6, 6.07) is 8.03. The third-order valence-electron chi connectivity index (χ3n) is 4.45. The Kier molecular flexibility index (Phi) is 3.82. The largest absolute Gasteiger partial charge is 0.481 e. The Bertz CT molecular complexity index is 558. The van der Waals surface area contributed by atoms with E-state index in [2.05, 4.69) is 5.32 Å². The number of carbonyl (C=O) groups is 2. The first kappa shape index (κ1) is 13.9. The lowest BCUT2D eigenvalue weighted by atomic mass is 9.91. The van der Waals surface area contributed by atoms with Crippen LogP contribution in [0.2, 0.25) is 0 Å². The maximum absolute atomic E-state index is 12.6. The minimum Gasteiger partial charge on any atom is -0.481 e. The number of piperidine rings is 1. The van der Waals surface area contributed by atoms with Crippen molar-refractivity contribution in [1.82, 2.24) is 4.90 Å². The normalized spacial score (nSPS) is 24.9. The molecule has 1 aromatic rings. The summed E-state index contributed by atoms with van der Waals surface area (Å²) in [5.74, 6) is -1.21. The van der Waals surface area contributed by atoms with Gasteiger partial charge in [-0.05, 0) is 30.9 Å². The van der Waals surface area contributed by atoms with Gasteiger partial charge in [-0.1, -0.05) is 18.2 Å². The van der Waals surface area contributed by atoms with Crippen molar-refractivity contribution in [2.24, 2.45) is 11.8 Å². The van der Waals surface area contributed by atoms with Gasteiger partial charge in [-0.25, -0.2) is 0 Å². The standard InChI is InChI=1S/C16H20N2O3/c19-15(18-7-3-5-12(10-18)16(20)21)13-8-11-4-1-2-6-14(11)17-9-13/h1-2,4,6,12-13,17H,3,5,7-10H2,(H,20,21)/t12-,13?/m0/s1. The fourth-order valence-electron chi connectivity index (χ4n) is 3.25. The Morgan fingerprint density at radius 3 is 2.86 bits per heavy atom. The highest BCUT2D eigenvalue weighted by Crippen LogP contribution is 2.27. The number of rotatable bonds is 2. The van der Waals surface area contributed by atoms with Gasteiger partial charge in [-0.15, -0.1) is 0 Å². The van der Waals surface area contributed by atoms with Crippen molar-refractivity contribution in [3.8, 4) is 0 Å². The lowest BCUT2D eigenvalue weighted by Gasteiger charge is -2.35. The van der Waals surface area contributed by atoms with E-state index in [1.807, 2.05) is 24.3 Å². The lowest BCUT2D eigenvalue weighted by Crippen LogP contribution is -2.47. The van der Waals surface area contributed by atoms with Gasteiger partial charge < -0.3 is 15.3 Å². The molecular weight excluding hydrogens is 268 g/mol. The maximum atomic E-state index is 12.6. The van der Waals surface area contributed by atoms with E-state index in [0.717, 1.165) is 24.1 Å². The summed E-state index contributed by atoms with van der Waals surface area (Å²) in [6.45, 7) is 1.66. The van der Waals surface area contributed by atoms with E-state index in [4.69, 9.17) is 5.11 Å². The molecule has 2 atom stereocenters. The van der Waals surface area contributed by atoms with Crippen LogP contribution in [0.4, 0.5) is 5.69 Å². The Labute approximate surface area is 123 Å². The Morgan fingerprint density at radius 2 is 2.05 bits per heavy atom. The average Bonchev–Trinajstić information content (AvgIpc) is 2.53. The number of hydrogen-bond acceptors (Lipinski definition) is 3. The van der Waals surface area contributed by atoms with Crippen LogP contribution < -0.4 is 5.32 Å². The number of anilines is 1. The van der Waals surface area contributed by atoms with Crippen molar-refractivity contribution in [3.63, 3.8) is 0 Å². The minimum atomic E-state index is -0.792. The van der Waals surface area contributed by atoms with Gasteiger partial charge in [-0.2, -0.15) is 0 Å². The summed E-state index contributed by atoms with van der Waals surface area (Å²) < 4.78 is 0. The zero-order valence-corrected chi connectivity index (χ0v) is 11.9. The van der Waals surface area contributed by atoms with Gasteiger partial charge >= 0.3 is 5.97 Å². The van der Waals surface area contributed by atoms with Crippen LogP contribution in [-0.2, 0) is 16.0 Å². The minimum absolute atomic E-state index is 0.0861. The number of carbonyl (C=O) groups excluding carboxylic acids is 1. The molecule has 5 nitrogen and oxygen atoms in total. The van der Waals surface area contributed by atoms with E-state index in [9.17, 15) is 9.59 Å².